The molecule has 0 aliphatic heterocycles. The third-order valence-corrected chi connectivity index (χ3v) is 4.61. The van der Waals surface area contributed by atoms with E-state index in [0.717, 1.165) is 32.1 Å². The van der Waals surface area contributed by atoms with Gasteiger partial charge in [0.25, 0.3) is 0 Å². The van der Waals surface area contributed by atoms with Crippen molar-refractivity contribution in [1.29, 1.82) is 0 Å². The van der Waals surface area contributed by atoms with Gasteiger partial charge in [-0.05, 0) is 51.4 Å². The molecule has 4 atom stereocenters. The van der Waals surface area contributed by atoms with E-state index in [4.69, 9.17) is 4.74 Å². The number of rotatable bonds is 4. The van der Waals surface area contributed by atoms with E-state index in [2.05, 4.69) is 0 Å². The first-order valence-electron chi connectivity index (χ1n) is 7.49. The van der Waals surface area contributed by atoms with E-state index in [-0.39, 0.29) is 23.9 Å². The summed E-state index contributed by atoms with van der Waals surface area (Å²) in [4.78, 5) is 23.8. The number of hydrogen-bond acceptors (Lipinski definition) is 4. The molecule has 1 N–H and O–H groups in total. The van der Waals surface area contributed by atoms with E-state index < -0.39 is 0 Å². The Hall–Kier alpha value is -0.900. The van der Waals surface area contributed by atoms with Gasteiger partial charge in [0, 0.05) is 18.3 Å². The Balaban J connectivity index is 1.84. The number of carbonyl (C=O) groups excluding carboxylic acids is 2. The Morgan fingerprint density at radius 3 is 2.84 bits per heavy atom. The zero-order valence-corrected chi connectivity index (χ0v) is 11.6. The smallest absolute Gasteiger partial charge is 0.305 e. The van der Waals surface area contributed by atoms with Crippen molar-refractivity contribution in [2.45, 2.75) is 58.0 Å². The molecule has 0 heterocycles. The third kappa shape index (κ3) is 3.56. The van der Waals surface area contributed by atoms with Crippen LogP contribution in [0.15, 0.2) is 0 Å². The van der Waals surface area contributed by atoms with Gasteiger partial charge in [-0.2, -0.15) is 0 Å². The summed E-state index contributed by atoms with van der Waals surface area (Å²) in [5.74, 6) is 0.657. The number of aliphatic hydroxyl groups is 1. The maximum absolute atomic E-state index is 12.4. The van der Waals surface area contributed by atoms with Gasteiger partial charge >= 0.3 is 5.97 Å². The summed E-state index contributed by atoms with van der Waals surface area (Å²) >= 11 is 0. The van der Waals surface area contributed by atoms with Crippen LogP contribution in [0.4, 0.5) is 0 Å². The number of esters is 1. The van der Waals surface area contributed by atoms with Crippen molar-refractivity contribution < 1.29 is 19.4 Å². The van der Waals surface area contributed by atoms with Crippen LogP contribution in [0.25, 0.3) is 0 Å². The first-order chi connectivity index (χ1) is 9.11. The molecular weight excluding hydrogens is 244 g/mol. The molecule has 0 aromatic carbocycles. The Morgan fingerprint density at radius 1 is 1.32 bits per heavy atom. The fourth-order valence-electron chi connectivity index (χ4n) is 3.60. The lowest BCUT2D eigenvalue weighted by atomic mass is 9.65. The minimum absolute atomic E-state index is 0.0286. The lowest BCUT2D eigenvalue weighted by Crippen LogP contribution is -2.40. The van der Waals surface area contributed by atoms with E-state index >= 15 is 0 Å². The number of ketones is 1. The first kappa shape index (κ1) is 14.5. The summed E-state index contributed by atoms with van der Waals surface area (Å²) in [5.41, 5.74) is 0. The molecule has 2 aliphatic rings. The second kappa shape index (κ2) is 6.51. The van der Waals surface area contributed by atoms with Gasteiger partial charge in [-0.1, -0.05) is 0 Å². The molecule has 108 valence electrons. The molecule has 0 aromatic rings. The van der Waals surface area contributed by atoms with Crippen LogP contribution < -0.4 is 0 Å². The van der Waals surface area contributed by atoms with Crippen molar-refractivity contribution in [2.75, 3.05) is 6.61 Å². The van der Waals surface area contributed by atoms with Crippen molar-refractivity contribution >= 4 is 11.8 Å². The molecule has 0 radical (unpaired) electrons. The van der Waals surface area contributed by atoms with Gasteiger partial charge in [0.1, 0.15) is 5.78 Å². The van der Waals surface area contributed by atoms with Crippen LogP contribution in [-0.2, 0) is 14.3 Å². The monoisotopic (exact) mass is 268 g/mol. The third-order valence-electron chi connectivity index (χ3n) is 4.61. The van der Waals surface area contributed by atoms with Gasteiger partial charge in [-0.25, -0.2) is 0 Å². The van der Waals surface area contributed by atoms with Crippen LogP contribution >= 0.6 is 0 Å². The molecule has 4 nitrogen and oxygen atoms in total. The largest absolute Gasteiger partial charge is 0.466 e. The molecule has 2 aliphatic carbocycles. The Labute approximate surface area is 114 Å². The number of carbonyl (C=O) groups is 2. The van der Waals surface area contributed by atoms with Crippen molar-refractivity contribution in [1.82, 2.24) is 0 Å². The van der Waals surface area contributed by atoms with Gasteiger partial charge in [-0.3, -0.25) is 9.59 Å². The van der Waals surface area contributed by atoms with Gasteiger partial charge < -0.3 is 9.84 Å². The van der Waals surface area contributed by atoms with Crippen LogP contribution in [0.5, 0.6) is 0 Å². The van der Waals surface area contributed by atoms with Crippen LogP contribution in [0.1, 0.15) is 51.9 Å². The normalized spacial score (nSPS) is 34.7. The summed E-state index contributed by atoms with van der Waals surface area (Å²) in [6, 6.07) is 0. The van der Waals surface area contributed by atoms with Crippen LogP contribution in [0.3, 0.4) is 0 Å². The highest BCUT2D eigenvalue weighted by Gasteiger charge is 2.40. The highest BCUT2D eigenvalue weighted by atomic mass is 16.5. The van der Waals surface area contributed by atoms with Crippen molar-refractivity contribution in [3.05, 3.63) is 0 Å². The predicted octanol–water partition coefficient (Wildman–Crippen LogP) is 2.09. The molecule has 4 unspecified atom stereocenters. The second-order valence-electron chi connectivity index (χ2n) is 5.85. The predicted molar refractivity (Wildman–Crippen MR) is 70.4 cm³/mol. The molecule has 2 rings (SSSR count). The summed E-state index contributed by atoms with van der Waals surface area (Å²) in [5, 5.41) is 9.66. The highest BCUT2D eigenvalue weighted by molar-refractivity contribution is 5.85. The van der Waals surface area contributed by atoms with E-state index in [0.29, 0.717) is 31.1 Å². The van der Waals surface area contributed by atoms with Crippen molar-refractivity contribution in [3.63, 3.8) is 0 Å². The Kier molecular flexibility index (Phi) is 4.97. The quantitative estimate of drug-likeness (QED) is 0.793. The van der Waals surface area contributed by atoms with Crippen LogP contribution in [-0.4, -0.2) is 29.6 Å². The number of hydrogen-bond donors (Lipinski definition) is 1. The summed E-state index contributed by atoms with van der Waals surface area (Å²) in [7, 11) is 0. The number of aliphatic hydroxyl groups excluding tert-OH is 1. The van der Waals surface area contributed by atoms with E-state index in [1.165, 1.54) is 0 Å². The molecule has 0 saturated heterocycles. The average molecular weight is 268 g/mol. The van der Waals surface area contributed by atoms with Crippen LogP contribution in [0.2, 0.25) is 0 Å². The average Bonchev–Trinajstić information content (AvgIpc) is 2.38. The molecule has 2 fully saturated rings. The Bertz CT molecular complexity index is 339. The van der Waals surface area contributed by atoms with E-state index in [1.807, 2.05) is 0 Å². The maximum atomic E-state index is 12.4. The lowest BCUT2D eigenvalue weighted by molar-refractivity contribution is -0.144. The Morgan fingerprint density at radius 2 is 2.11 bits per heavy atom. The maximum Gasteiger partial charge on any atom is 0.305 e. The van der Waals surface area contributed by atoms with Gasteiger partial charge in [0.15, 0.2) is 0 Å². The highest BCUT2D eigenvalue weighted by Crippen LogP contribution is 2.41. The standard InChI is InChI=1S/C15H24O4/c1-2-19-14(17)8-5-10-3-4-11-9-12(16)6-7-13(11)15(10)18/h10-13,16H,2-9H2,1H3. The summed E-state index contributed by atoms with van der Waals surface area (Å²) in [6.07, 6.45) is 4.99. The number of Topliss-reactive ketones (excluding diaryl/α,β-unsaturated/α-hetero) is 1. The summed E-state index contributed by atoms with van der Waals surface area (Å²) in [6.45, 7) is 2.20. The molecule has 2 saturated carbocycles. The molecule has 4 heteroatoms. The van der Waals surface area contributed by atoms with Crippen LogP contribution in [0, 0.1) is 17.8 Å². The van der Waals surface area contributed by atoms with Crippen molar-refractivity contribution in [3.8, 4) is 0 Å². The lowest BCUT2D eigenvalue weighted by Gasteiger charge is -2.39. The minimum Gasteiger partial charge on any atom is -0.466 e. The van der Waals surface area contributed by atoms with Gasteiger partial charge in [0.2, 0.25) is 0 Å². The fourth-order valence-corrected chi connectivity index (χ4v) is 3.60. The fraction of sp³-hybridized carbons (Fsp3) is 0.867. The zero-order valence-electron chi connectivity index (χ0n) is 11.6. The van der Waals surface area contributed by atoms with Gasteiger partial charge in [0.05, 0.1) is 12.7 Å². The second-order valence-corrected chi connectivity index (χ2v) is 5.85. The molecule has 0 spiro atoms. The zero-order chi connectivity index (χ0) is 13.8. The number of fused-ring (bicyclic) bond motifs is 1. The summed E-state index contributed by atoms with van der Waals surface area (Å²) < 4.78 is 4.91. The minimum atomic E-state index is -0.217. The molecular formula is C15H24O4. The SMILES string of the molecule is CCOC(=O)CCC1CCC2CC(O)CCC2C1=O. The number of ether oxygens (including phenoxy) is 1. The first-order valence-corrected chi connectivity index (χ1v) is 7.49. The molecule has 19 heavy (non-hydrogen) atoms. The van der Waals surface area contributed by atoms with Crippen molar-refractivity contribution in [2.24, 2.45) is 17.8 Å². The van der Waals surface area contributed by atoms with Gasteiger partial charge in [-0.15, -0.1) is 0 Å². The van der Waals surface area contributed by atoms with E-state index in [9.17, 15) is 14.7 Å². The topological polar surface area (TPSA) is 63.6 Å². The molecule has 0 aromatic heterocycles. The van der Waals surface area contributed by atoms with E-state index in [1.54, 1.807) is 6.92 Å². The molecule has 0 bridgehead atoms. The molecule has 0 amide bonds.